The van der Waals surface area contributed by atoms with Crippen LogP contribution < -0.4 is 10.3 Å². The van der Waals surface area contributed by atoms with Crippen LogP contribution in [0.3, 0.4) is 0 Å². The molecule has 1 aromatic carbocycles. The summed E-state index contributed by atoms with van der Waals surface area (Å²) in [6.45, 7) is 7.37. The number of para-hydroxylation sites is 1. The Morgan fingerprint density at radius 3 is 2.59 bits per heavy atom. The van der Waals surface area contributed by atoms with E-state index in [9.17, 15) is 9.59 Å². The maximum absolute atomic E-state index is 12.9. The molecule has 0 radical (unpaired) electrons. The van der Waals surface area contributed by atoms with Crippen LogP contribution in [0.15, 0.2) is 29.1 Å². The second-order valence-corrected chi connectivity index (χ2v) is 6.81. The number of carbonyl (C=O) groups excluding carboxylic acids is 1. The highest BCUT2D eigenvalue weighted by Gasteiger charge is 2.19. The van der Waals surface area contributed by atoms with Crippen LogP contribution in [-0.4, -0.2) is 78.8 Å². The molecule has 1 saturated heterocycles. The fourth-order valence-electron chi connectivity index (χ4n) is 3.03. The third-order valence-electron chi connectivity index (χ3n) is 4.50. The minimum Gasteiger partial charge on any atom is -0.454 e. The summed E-state index contributed by atoms with van der Waals surface area (Å²) in [6.07, 6.45) is 0.778. The first-order valence-electron chi connectivity index (χ1n) is 10.2. The zero-order valence-corrected chi connectivity index (χ0v) is 17.9. The zero-order chi connectivity index (χ0) is 21.2. The lowest BCUT2D eigenvalue weighted by molar-refractivity contribution is -0.137. The van der Waals surface area contributed by atoms with E-state index in [0.717, 1.165) is 13.0 Å². The summed E-state index contributed by atoms with van der Waals surface area (Å²) in [6, 6.07) is 7.37. The predicted molar refractivity (Wildman–Crippen MR) is 113 cm³/mol. The fourth-order valence-corrected chi connectivity index (χ4v) is 3.03. The van der Waals surface area contributed by atoms with Gasteiger partial charge >= 0.3 is 0 Å². The molecular formula is C21H32N4O4. The molecule has 0 atom stereocenters. The van der Waals surface area contributed by atoms with Crippen molar-refractivity contribution in [3.05, 3.63) is 34.6 Å². The van der Waals surface area contributed by atoms with E-state index < -0.39 is 0 Å². The Morgan fingerprint density at radius 2 is 1.90 bits per heavy atom. The molecule has 1 aliphatic heterocycles. The van der Waals surface area contributed by atoms with Crippen molar-refractivity contribution in [1.82, 2.24) is 19.4 Å². The molecule has 3 rings (SSSR count). The average Bonchev–Trinajstić information content (AvgIpc) is 2.75. The highest BCUT2D eigenvalue weighted by Crippen LogP contribution is 2.14. The lowest BCUT2D eigenvalue weighted by atomic mass is 10.2. The van der Waals surface area contributed by atoms with Crippen LogP contribution >= 0.6 is 0 Å². The van der Waals surface area contributed by atoms with Gasteiger partial charge in [0.15, 0.2) is 6.61 Å². The third kappa shape index (κ3) is 6.27. The molecule has 1 amide bonds. The summed E-state index contributed by atoms with van der Waals surface area (Å²) in [5, 5.41) is 0.550. The zero-order valence-electron chi connectivity index (χ0n) is 17.9. The molecule has 160 valence electrons. The van der Waals surface area contributed by atoms with E-state index in [-0.39, 0.29) is 24.1 Å². The quantitative estimate of drug-likeness (QED) is 0.698. The Labute approximate surface area is 172 Å². The van der Waals surface area contributed by atoms with Crippen LogP contribution in [0.1, 0.15) is 20.3 Å². The van der Waals surface area contributed by atoms with Gasteiger partial charge in [-0.3, -0.25) is 14.2 Å². The van der Waals surface area contributed by atoms with Gasteiger partial charge in [-0.25, -0.2) is 0 Å². The van der Waals surface area contributed by atoms with Gasteiger partial charge in [0.2, 0.25) is 0 Å². The van der Waals surface area contributed by atoms with Crippen LogP contribution in [0.4, 0.5) is 0 Å². The maximum Gasteiger partial charge on any atom is 0.300 e. The smallest absolute Gasteiger partial charge is 0.300 e. The summed E-state index contributed by atoms with van der Waals surface area (Å²) in [5.74, 6) is -0.124. The van der Waals surface area contributed by atoms with Crippen LogP contribution in [0.25, 0.3) is 10.9 Å². The summed E-state index contributed by atoms with van der Waals surface area (Å²) in [4.78, 5) is 33.5. The molecule has 0 aliphatic carbocycles. The third-order valence-corrected chi connectivity index (χ3v) is 4.50. The largest absolute Gasteiger partial charge is 0.454 e. The first-order valence-corrected chi connectivity index (χ1v) is 10.2. The molecule has 0 N–H and O–H groups in total. The summed E-state index contributed by atoms with van der Waals surface area (Å²) >= 11 is 0. The van der Waals surface area contributed by atoms with Crippen molar-refractivity contribution in [2.24, 2.45) is 0 Å². The van der Waals surface area contributed by atoms with Crippen molar-refractivity contribution in [3.8, 4) is 6.01 Å². The SMILES string of the molecule is CC.CN(C)CCCn1c(OCC(=O)N2CCOCC2)nc2ccccc2c1=O. The minimum absolute atomic E-state index is 0.124. The number of aromatic nitrogens is 2. The average molecular weight is 405 g/mol. The number of ether oxygens (including phenoxy) is 2. The van der Waals surface area contributed by atoms with Crippen LogP contribution in [0.5, 0.6) is 6.01 Å². The Hall–Kier alpha value is -2.45. The minimum atomic E-state index is -0.145. The molecule has 29 heavy (non-hydrogen) atoms. The molecule has 0 unspecified atom stereocenters. The molecule has 8 heteroatoms. The summed E-state index contributed by atoms with van der Waals surface area (Å²) < 4.78 is 12.5. The number of amides is 1. The highest BCUT2D eigenvalue weighted by atomic mass is 16.5. The van der Waals surface area contributed by atoms with Crippen molar-refractivity contribution in [3.63, 3.8) is 0 Å². The molecule has 0 bridgehead atoms. The monoisotopic (exact) mass is 404 g/mol. The Kier molecular flexibility index (Phi) is 9.08. The number of rotatable bonds is 7. The fraction of sp³-hybridized carbons (Fsp3) is 0.571. The van der Waals surface area contributed by atoms with Gasteiger partial charge < -0.3 is 19.3 Å². The lowest BCUT2D eigenvalue weighted by Crippen LogP contribution is -2.43. The van der Waals surface area contributed by atoms with Crippen molar-refractivity contribution >= 4 is 16.8 Å². The highest BCUT2D eigenvalue weighted by molar-refractivity contribution is 5.79. The molecular weight excluding hydrogens is 372 g/mol. The normalized spacial score (nSPS) is 13.9. The van der Waals surface area contributed by atoms with Crippen molar-refractivity contribution in [1.29, 1.82) is 0 Å². The van der Waals surface area contributed by atoms with E-state index in [2.05, 4.69) is 9.88 Å². The second kappa shape index (κ2) is 11.5. The number of morpholine rings is 1. The van der Waals surface area contributed by atoms with Gasteiger partial charge in [0.1, 0.15) is 0 Å². The first kappa shape index (κ1) is 22.8. The van der Waals surface area contributed by atoms with E-state index in [1.54, 1.807) is 17.0 Å². The lowest BCUT2D eigenvalue weighted by Gasteiger charge is -2.26. The molecule has 1 fully saturated rings. The van der Waals surface area contributed by atoms with E-state index in [4.69, 9.17) is 9.47 Å². The number of hydrogen-bond donors (Lipinski definition) is 0. The standard InChI is InChI=1S/C19H26N4O4.C2H6/c1-21(2)8-5-9-23-18(25)15-6-3-4-7-16(15)20-19(23)27-14-17(24)22-10-12-26-13-11-22;1-2/h3-4,6-7H,5,8-14H2,1-2H3;1-2H3. The number of fused-ring (bicyclic) bond motifs is 1. The van der Waals surface area contributed by atoms with Crippen molar-refractivity contribution in [2.75, 3.05) is 53.6 Å². The maximum atomic E-state index is 12.9. The van der Waals surface area contributed by atoms with Gasteiger partial charge in [0, 0.05) is 19.6 Å². The molecule has 0 spiro atoms. The second-order valence-electron chi connectivity index (χ2n) is 6.81. The molecule has 0 saturated carbocycles. The number of hydrogen-bond acceptors (Lipinski definition) is 6. The Balaban J connectivity index is 0.00000145. The van der Waals surface area contributed by atoms with Gasteiger partial charge in [-0.05, 0) is 39.2 Å². The molecule has 1 aromatic heterocycles. The van der Waals surface area contributed by atoms with E-state index in [1.807, 2.05) is 40.1 Å². The van der Waals surface area contributed by atoms with E-state index >= 15 is 0 Å². The van der Waals surface area contributed by atoms with Crippen LogP contribution in [0, 0.1) is 0 Å². The van der Waals surface area contributed by atoms with Gasteiger partial charge in [0.05, 0.1) is 24.1 Å². The molecule has 1 aliphatic rings. The Morgan fingerprint density at radius 1 is 1.21 bits per heavy atom. The summed E-state index contributed by atoms with van der Waals surface area (Å²) in [7, 11) is 3.97. The predicted octanol–water partition coefficient (Wildman–Crippen LogP) is 1.61. The van der Waals surface area contributed by atoms with Crippen molar-refractivity contribution in [2.45, 2.75) is 26.8 Å². The van der Waals surface area contributed by atoms with E-state index in [0.29, 0.717) is 43.8 Å². The van der Waals surface area contributed by atoms with Gasteiger partial charge in [-0.2, -0.15) is 4.98 Å². The molecule has 2 aromatic rings. The topological polar surface area (TPSA) is 76.9 Å². The summed E-state index contributed by atoms with van der Waals surface area (Å²) in [5.41, 5.74) is 0.424. The molecule has 8 nitrogen and oxygen atoms in total. The first-order chi connectivity index (χ1) is 14.1. The number of benzene rings is 1. The van der Waals surface area contributed by atoms with E-state index in [1.165, 1.54) is 4.57 Å². The van der Waals surface area contributed by atoms with Gasteiger partial charge in [-0.1, -0.05) is 26.0 Å². The number of carbonyl (C=O) groups is 1. The molecule has 2 heterocycles. The van der Waals surface area contributed by atoms with Crippen molar-refractivity contribution < 1.29 is 14.3 Å². The Bertz CT molecular complexity index is 844. The van der Waals surface area contributed by atoms with Crippen LogP contribution in [0.2, 0.25) is 0 Å². The number of nitrogens with zero attached hydrogens (tertiary/aromatic N) is 4. The van der Waals surface area contributed by atoms with Gasteiger partial charge in [0.25, 0.3) is 17.5 Å². The van der Waals surface area contributed by atoms with Gasteiger partial charge in [-0.15, -0.1) is 0 Å². The van der Waals surface area contributed by atoms with Crippen LogP contribution in [-0.2, 0) is 16.1 Å².